The fraction of sp³-hybridized carbons (Fsp3) is 0. The second-order valence-electron chi connectivity index (χ2n) is 6.51. The lowest BCUT2D eigenvalue weighted by Crippen LogP contribution is -2.33. The van der Waals surface area contributed by atoms with Gasteiger partial charge < -0.3 is 5.32 Å². The number of carbonyl (C=O) groups is 1. The van der Waals surface area contributed by atoms with Crippen LogP contribution < -0.4 is 15.5 Å². The second kappa shape index (κ2) is 8.76. The molecule has 1 aromatic carbocycles. The van der Waals surface area contributed by atoms with Gasteiger partial charge in [0.1, 0.15) is 9.36 Å². The van der Waals surface area contributed by atoms with Crippen LogP contribution >= 0.6 is 46.3 Å². The number of aromatic nitrogens is 1. The van der Waals surface area contributed by atoms with Gasteiger partial charge in [0.2, 0.25) is 0 Å². The highest BCUT2D eigenvalue weighted by molar-refractivity contribution is 7.92. The van der Waals surface area contributed by atoms with E-state index in [-0.39, 0.29) is 19.1 Å². The number of urea groups is 1. The minimum absolute atomic E-state index is 0.0825. The van der Waals surface area contributed by atoms with Crippen LogP contribution in [-0.2, 0) is 10.0 Å². The zero-order valence-corrected chi connectivity index (χ0v) is 19.7. The molecule has 32 heavy (non-hydrogen) atoms. The molecule has 0 saturated heterocycles. The first-order valence-electron chi connectivity index (χ1n) is 8.86. The molecule has 2 aromatic rings. The number of anilines is 1. The molecule has 1 aliphatic carbocycles. The lowest BCUT2D eigenvalue weighted by molar-refractivity contribution is 0.256. The molecule has 0 unspecified atom stereocenters. The highest BCUT2D eigenvalue weighted by Crippen LogP contribution is 2.35. The zero-order chi connectivity index (χ0) is 23.0. The van der Waals surface area contributed by atoms with Gasteiger partial charge in [-0.05, 0) is 42.0 Å². The number of nitrogens with zero attached hydrogens (tertiary/aromatic N) is 1. The third-order valence-electron chi connectivity index (χ3n) is 4.41. The zero-order valence-electron chi connectivity index (χ0n) is 15.8. The average Bonchev–Trinajstić information content (AvgIpc) is 3.17. The van der Waals surface area contributed by atoms with Crippen LogP contribution in [0.1, 0.15) is 0 Å². The average molecular weight is 529 g/mol. The first-order valence-corrected chi connectivity index (χ1v) is 12.2. The number of hydrogen-bond donors (Lipinski definition) is 2. The van der Waals surface area contributed by atoms with E-state index in [1.807, 2.05) is 4.72 Å². The van der Waals surface area contributed by atoms with E-state index in [0.29, 0.717) is 28.1 Å². The van der Waals surface area contributed by atoms with Crippen molar-refractivity contribution in [3.05, 3.63) is 80.4 Å². The number of halogens is 3. The largest absolute Gasteiger partial charge is 0.333 e. The van der Waals surface area contributed by atoms with Gasteiger partial charge in [0.25, 0.3) is 10.0 Å². The van der Waals surface area contributed by atoms with Crippen LogP contribution in [0.15, 0.2) is 69.7 Å². The van der Waals surface area contributed by atoms with Crippen molar-refractivity contribution in [2.45, 2.75) is 4.21 Å². The molecular weight excluding hydrogens is 517 g/mol. The van der Waals surface area contributed by atoms with Crippen LogP contribution in [0.25, 0.3) is 22.4 Å². The van der Waals surface area contributed by atoms with Gasteiger partial charge in [0, 0.05) is 23.0 Å². The maximum absolute atomic E-state index is 12.5. The molecule has 0 fully saturated rings. The molecule has 7 nitrogen and oxygen atoms in total. The molecule has 164 valence electrons. The predicted molar refractivity (Wildman–Crippen MR) is 128 cm³/mol. The van der Waals surface area contributed by atoms with Gasteiger partial charge in [0.15, 0.2) is 5.43 Å². The summed E-state index contributed by atoms with van der Waals surface area (Å²) < 4.78 is 27.8. The highest BCUT2D eigenvalue weighted by atomic mass is 35.5. The van der Waals surface area contributed by atoms with Gasteiger partial charge in [0.05, 0.1) is 15.6 Å². The number of thiophene rings is 1. The number of hydrogen-bond acceptors (Lipinski definition) is 5. The standard InChI is InChI=1S/C20H12Cl3N3O4S2/c21-15-10-12-2-1-3-14(27)18(12)19(26(15)23)11-4-6-13(7-5-11)24-20(28)25-32(29,30)17-9-8-16(22)31-17/h1-10H,(H2,24,25,28). The Morgan fingerprint density at radius 3 is 2.34 bits per heavy atom. The lowest BCUT2D eigenvalue weighted by Gasteiger charge is -2.16. The molecule has 2 amide bonds. The van der Waals surface area contributed by atoms with Crippen LogP contribution in [-0.4, -0.2) is 18.5 Å². The quantitative estimate of drug-likeness (QED) is 0.342. The van der Waals surface area contributed by atoms with E-state index in [2.05, 4.69) is 5.32 Å². The van der Waals surface area contributed by atoms with Crippen LogP contribution in [0.4, 0.5) is 10.5 Å². The Kier molecular flexibility index (Phi) is 6.19. The number of amides is 2. The summed E-state index contributed by atoms with van der Waals surface area (Å²) in [5.74, 6) is 0. The summed E-state index contributed by atoms with van der Waals surface area (Å²) in [6.07, 6.45) is 0. The van der Waals surface area contributed by atoms with Crippen molar-refractivity contribution in [1.29, 1.82) is 0 Å². The number of benzene rings is 2. The summed E-state index contributed by atoms with van der Waals surface area (Å²) >= 11 is 19.1. The minimum Gasteiger partial charge on any atom is -0.307 e. The van der Waals surface area contributed by atoms with Crippen molar-refractivity contribution in [2.24, 2.45) is 0 Å². The van der Waals surface area contributed by atoms with E-state index in [4.69, 9.17) is 35.0 Å². The molecule has 4 rings (SSSR count). The molecule has 1 aromatic heterocycles. The van der Waals surface area contributed by atoms with Gasteiger partial charge in [-0.2, -0.15) is 0 Å². The smallest absolute Gasteiger partial charge is 0.307 e. The topological polar surface area (TPSA) is 97.3 Å². The van der Waals surface area contributed by atoms with E-state index in [1.165, 1.54) is 22.3 Å². The van der Waals surface area contributed by atoms with Gasteiger partial charge in [-0.1, -0.05) is 47.5 Å². The summed E-state index contributed by atoms with van der Waals surface area (Å²) in [6, 6.07) is 14.5. The maximum Gasteiger partial charge on any atom is 0.333 e. The molecule has 0 radical (unpaired) electrons. The summed E-state index contributed by atoms with van der Waals surface area (Å²) in [7, 11) is -4.05. The fourth-order valence-electron chi connectivity index (χ4n) is 3.05. The lowest BCUT2D eigenvalue weighted by atomic mass is 9.97. The number of carbonyl (C=O) groups excluding carboxylic acids is 1. The van der Waals surface area contributed by atoms with Crippen molar-refractivity contribution in [3.8, 4) is 22.4 Å². The highest BCUT2D eigenvalue weighted by Gasteiger charge is 2.21. The van der Waals surface area contributed by atoms with Crippen LogP contribution in [0.2, 0.25) is 9.49 Å². The third-order valence-corrected chi connectivity index (χ3v) is 8.18. The normalized spacial score (nSPS) is 11.5. The Bertz CT molecular complexity index is 1460. The molecule has 2 heterocycles. The predicted octanol–water partition coefficient (Wildman–Crippen LogP) is 5.50. The molecule has 12 heteroatoms. The second-order valence-corrected chi connectivity index (χ2v) is 10.9. The van der Waals surface area contributed by atoms with Gasteiger partial charge >= 0.3 is 6.03 Å². The number of pyridine rings is 1. The van der Waals surface area contributed by atoms with E-state index >= 15 is 0 Å². The number of nitrogens with one attached hydrogen (secondary N) is 2. The molecule has 0 atom stereocenters. The summed E-state index contributed by atoms with van der Waals surface area (Å²) in [4.78, 5) is 24.6. The Balaban J connectivity index is 1.59. The van der Waals surface area contributed by atoms with Gasteiger partial charge in [-0.3, -0.25) is 4.79 Å². The van der Waals surface area contributed by atoms with Gasteiger partial charge in [-0.25, -0.2) is 22.0 Å². The van der Waals surface area contributed by atoms with Crippen LogP contribution in [0, 0.1) is 0 Å². The number of fused-ring (bicyclic) bond motifs is 1. The first-order chi connectivity index (χ1) is 15.2. The third kappa shape index (κ3) is 4.48. The molecule has 0 bridgehead atoms. The molecule has 2 N–H and O–H groups in total. The molecule has 1 aliphatic heterocycles. The summed E-state index contributed by atoms with van der Waals surface area (Å²) in [5.41, 5.74) is 2.10. The first kappa shape index (κ1) is 22.6. The Hall–Kier alpha value is -2.56. The van der Waals surface area contributed by atoms with Crippen molar-refractivity contribution >= 4 is 68.1 Å². The molecule has 2 aliphatic rings. The van der Waals surface area contributed by atoms with E-state index < -0.39 is 16.1 Å². The van der Waals surface area contributed by atoms with Crippen molar-refractivity contribution in [2.75, 3.05) is 5.32 Å². The van der Waals surface area contributed by atoms with Crippen LogP contribution in [0.5, 0.6) is 0 Å². The fourth-order valence-corrected chi connectivity index (χ4v) is 5.87. The summed E-state index contributed by atoms with van der Waals surface area (Å²) in [6.45, 7) is 0. The Morgan fingerprint density at radius 1 is 0.969 bits per heavy atom. The van der Waals surface area contributed by atoms with Crippen molar-refractivity contribution < 1.29 is 13.2 Å². The molecule has 0 saturated carbocycles. The Morgan fingerprint density at radius 2 is 1.69 bits per heavy atom. The summed E-state index contributed by atoms with van der Waals surface area (Å²) in [5, 5.41) is 2.67. The van der Waals surface area contributed by atoms with Crippen molar-refractivity contribution in [3.63, 3.8) is 0 Å². The van der Waals surface area contributed by atoms with E-state index in [9.17, 15) is 18.0 Å². The van der Waals surface area contributed by atoms with E-state index in [1.54, 1.807) is 42.5 Å². The van der Waals surface area contributed by atoms with Gasteiger partial charge in [-0.15, -0.1) is 11.3 Å². The molecule has 0 spiro atoms. The minimum atomic E-state index is -4.05. The monoisotopic (exact) mass is 527 g/mol. The van der Waals surface area contributed by atoms with Crippen LogP contribution in [0.3, 0.4) is 0 Å². The number of sulfonamides is 1. The van der Waals surface area contributed by atoms with E-state index in [0.717, 1.165) is 11.3 Å². The molecular formula is C20H12Cl3N3O4S2. The number of rotatable bonds is 4. The SMILES string of the molecule is O=C(Nc1ccc(-c2c3c(=O)cccc-3cc(Cl)n2Cl)cc1)NS(=O)(=O)c1ccc(Cl)s1. The maximum atomic E-state index is 12.5. The van der Waals surface area contributed by atoms with Crippen molar-refractivity contribution in [1.82, 2.24) is 8.81 Å². The Labute approximate surface area is 201 Å².